The third kappa shape index (κ3) is 2.22. The summed E-state index contributed by atoms with van der Waals surface area (Å²) in [5.41, 5.74) is 0. The molecule has 2 rings (SSSR count). The first-order chi connectivity index (χ1) is 7.25. The number of carbonyl (C=O) groups is 1. The van der Waals surface area contributed by atoms with Gasteiger partial charge in [0, 0.05) is 23.8 Å². The number of hydrogen-bond donors (Lipinski definition) is 1. The summed E-state index contributed by atoms with van der Waals surface area (Å²) in [4.78, 5) is 16.4. The van der Waals surface area contributed by atoms with Gasteiger partial charge in [-0.25, -0.2) is 0 Å². The zero-order valence-electron chi connectivity index (χ0n) is 8.00. The van der Waals surface area contributed by atoms with E-state index in [4.69, 9.17) is 5.11 Å². The van der Waals surface area contributed by atoms with Crippen molar-refractivity contribution in [2.45, 2.75) is 0 Å². The monoisotopic (exact) mass is 202 g/mol. The minimum atomic E-state index is -0.865. The average Bonchev–Trinajstić information content (AvgIpc) is 2.38. The quantitative estimate of drug-likeness (QED) is 0.729. The fourth-order valence-corrected chi connectivity index (χ4v) is 1.39. The van der Waals surface area contributed by atoms with Gasteiger partial charge in [0.05, 0.1) is 5.36 Å². The largest absolute Gasteiger partial charge is 0.480 e. The minimum Gasteiger partial charge on any atom is -0.480 e. The molecule has 0 fully saturated rings. The lowest BCUT2D eigenvalue weighted by molar-refractivity contribution is -0.137. The second kappa shape index (κ2) is 3.96. The van der Waals surface area contributed by atoms with E-state index >= 15 is 0 Å². The average molecular weight is 202 g/mol. The summed E-state index contributed by atoms with van der Waals surface area (Å²) >= 11 is 0. The normalized spacial score (nSPS) is 13.5. The van der Waals surface area contributed by atoms with Crippen molar-refractivity contribution in [1.29, 1.82) is 0 Å². The van der Waals surface area contributed by atoms with Crippen molar-refractivity contribution in [1.82, 2.24) is 4.90 Å². The summed E-state index contributed by atoms with van der Waals surface area (Å²) in [6, 6.07) is 7.59. The predicted molar refractivity (Wildman–Crippen MR) is 55.2 cm³/mol. The summed E-state index contributed by atoms with van der Waals surface area (Å²) in [5.74, 6) is -0.865. The van der Waals surface area contributed by atoms with Crippen LogP contribution in [0.3, 0.4) is 0 Å². The SMILES string of the molecule is O=C(O)CN1C=CN=c2ccccc2=C1. The maximum atomic E-state index is 10.6. The second-order valence-electron chi connectivity index (χ2n) is 3.18. The van der Waals surface area contributed by atoms with Gasteiger partial charge in [0.15, 0.2) is 0 Å². The highest BCUT2D eigenvalue weighted by Crippen LogP contribution is 1.93. The predicted octanol–water partition coefficient (Wildman–Crippen LogP) is -0.0844. The van der Waals surface area contributed by atoms with Crippen LogP contribution in [-0.2, 0) is 4.79 Å². The molecule has 0 aliphatic carbocycles. The van der Waals surface area contributed by atoms with Gasteiger partial charge in [0.2, 0.25) is 0 Å². The van der Waals surface area contributed by atoms with Crippen LogP contribution in [-0.4, -0.2) is 22.5 Å². The van der Waals surface area contributed by atoms with Gasteiger partial charge >= 0.3 is 5.97 Å². The molecule has 0 spiro atoms. The van der Waals surface area contributed by atoms with Crippen molar-refractivity contribution in [3.63, 3.8) is 0 Å². The van der Waals surface area contributed by atoms with E-state index in [1.165, 1.54) is 0 Å². The fraction of sp³-hybridized carbons (Fsp3) is 0.0909. The fourth-order valence-electron chi connectivity index (χ4n) is 1.39. The van der Waals surface area contributed by atoms with E-state index in [9.17, 15) is 4.79 Å². The molecule has 0 saturated carbocycles. The van der Waals surface area contributed by atoms with Gasteiger partial charge in [0.25, 0.3) is 0 Å². The molecule has 1 aromatic rings. The highest BCUT2D eigenvalue weighted by Gasteiger charge is 2.03. The Morgan fingerprint density at radius 2 is 2.20 bits per heavy atom. The number of aliphatic carboxylic acids is 1. The summed E-state index contributed by atoms with van der Waals surface area (Å²) in [5, 5.41) is 10.4. The van der Waals surface area contributed by atoms with Gasteiger partial charge < -0.3 is 10.0 Å². The molecule has 1 N–H and O–H groups in total. The number of fused-ring (bicyclic) bond motifs is 1. The number of rotatable bonds is 2. The molecule has 0 amide bonds. The van der Waals surface area contributed by atoms with Crippen LogP contribution in [0.4, 0.5) is 0 Å². The number of para-hydroxylation sites is 1. The maximum Gasteiger partial charge on any atom is 0.323 e. The van der Waals surface area contributed by atoms with Crippen molar-refractivity contribution >= 4 is 12.2 Å². The standard InChI is InChI=1S/C11H10N2O2/c14-11(15)8-13-6-5-12-10-4-2-1-3-9(10)7-13/h1-7H,8H2,(H,14,15). The van der Waals surface area contributed by atoms with Gasteiger partial charge in [-0.05, 0) is 6.07 Å². The molecule has 4 nitrogen and oxygen atoms in total. The first kappa shape index (κ1) is 9.45. The molecule has 1 aliphatic heterocycles. The van der Waals surface area contributed by atoms with Crippen molar-refractivity contribution in [2.75, 3.05) is 6.54 Å². The van der Waals surface area contributed by atoms with Crippen LogP contribution in [0.1, 0.15) is 0 Å². The summed E-state index contributed by atoms with van der Waals surface area (Å²) in [6.07, 6.45) is 5.02. The Morgan fingerprint density at radius 1 is 1.40 bits per heavy atom. The maximum absolute atomic E-state index is 10.6. The molecule has 0 saturated heterocycles. The zero-order chi connectivity index (χ0) is 10.7. The summed E-state index contributed by atoms with van der Waals surface area (Å²) in [6.45, 7) is -0.0552. The van der Waals surface area contributed by atoms with Crippen molar-refractivity contribution in [3.05, 3.63) is 47.2 Å². The highest BCUT2D eigenvalue weighted by molar-refractivity contribution is 5.70. The molecule has 0 bridgehead atoms. The molecule has 1 aromatic carbocycles. The van der Waals surface area contributed by atoms with E-state index in [0.717, 1.165) is 10.6 Å². The number of carboxylic acids is 1. The lowest BCUT2D eigenvalue weighted by Crippen LogP contribution is -2.27. The van der Waals surface area contributed by atoms with Crippen LogP contribution in [0.2, 0.25) is 0 Å². The number of carboxylic acid groups (broad SMARTS) is 1. The Hall–Kier alpha value is -2.10. The molecular weight excluding hydrogens is 192 g/mol. The third-order valence-electron chi connectivity index (χ3n) is 2.03. The van der Waals surface area contributed by atoms with Gasteiger partial charge in [-0.2, -0.15) is 0 Å². The Balaban J connectivity index is 2.43. The van der Waals surface area contributed by atoms with Crippen molar-refractivity contribution in [2.24, 2.45) is 4.99 Å². The first-order valence-corrected chi connectivity index (χ1v) is 4.55. The number of hydrogen-bond acceptors (Lipinski definition) is 3. The lowest BCUT2D eigenvalue weighted by Gasteiger charge is -2.10. The minimum absolute atomic E-state index is 0.0552. The van der Waals surface area contributed by atoms with Crippen LogP contribution in [0.5, 0.6) is 0 Å². The highest BCUT2D eigenvalue weighted by atomic mass is 16.4. The van der Waals surface area contributed by atoms with Gasteiger partial charge in [-0.15, -0.1) is 0 Å². The molecule has 1 aliphatic rings. The van der Waals surface area contributed by atoms with E-state index in [0.29, 0.717) is 0 Å². The molecule has 0 radical (unpaired) electrons. The zero-order valence-corrected chi connectivity index (χ0v) is 8.00. The topological polar surface area (TPSA) is 52.9 Å². The third-order valence-corrected chi connectivity index (χ3v) is 2.03. The second-order valence-corrected chi connectivity index (χ2v) is 3.18. The lowest BCUT2D eigenvalue weighted by atomic mass is 10.3. The summed E-state index contributed by atoms with van der Waals surface area (Å²) in [7, 11) is 0. The Kier molecular flexibility index (Phi) is 2.49. The molecule has 0 unspecified atom stereocenters. The molecule has 1 heterocycles. The molecular formula is C11H10N2O2. The van der Waals surface area contributed by atoms with E-state index in [2.05, 4.69) is 4.99 Å². The number of benzene rings is 1. The van der Waals surface area contributed by atoms with Gasteiger partial charge in [-0.1, -0.05) is 18.2 Å². The molecule has 4 heteroatoms. The van der Waals surface area contributed by atoms with E-state index in [1.54, 1.807) is 23.5 Å². The Morgan fingerprint density at radius 3 is 3.00 bits per heavy atom. The van der Waals surface area contributed by atoms with E-state index < -0.39 is 5.97 Å². The molecule has 76 valence electrons. The molecule has 0 aromatic heterocycles. The van der Waals surface area contributed by atoms with Crippen molar-refractivity contribution in [3.8, 4) is 0 Å². The first-order valence-electron chi connectivity index (χ1n) is 4.55. The van der Waals surface area contributed by atoms with E-state index in [-0.39, 0.29) is 6.54 Å². The van der Waals surface area contributed by atoms with Crippen LogP contribution in [0.25, 0.3) is 6.20 Å². The van der Waals surface area contributed by atoms with Gasteiger partial charge in [0.1, 0.15) is 6.54 Å². The van der Waals surface area contributed by atoms with Crippen LogP contribution in [0.15, 0.2) is 41.7 Å². The Bertz CT molecular complexity index is 520. The molecule has 15 heavy (non-hydrogen) atoms. The van der Waals surface area contributed by atoms with Gasteiger partial charge in [-0.3, -0.25) is 9.79 Å². The van der Waals surface area contributed by atoms with Crippen LogP contribution < -0.4 is 10.6 Å². The van der Waals surface area contributed by atoms with Crippen LogP contribution in [0, 0.1) is 0 Å². The van der Waals surface area contributed by atoms with Crippen molar-refractivity contribution < 1.29 is 9.90 Å². The summed E-state index contributed by atoms with van der Waals surface area (Å²) < 4.78 is 0. The van der Waals surface area contributed by atoms with Crippen LogP contribution >= 0.6 is 0 Å². The Labute approximate surface area is 86.5 Å². The number of nitrogens with zero attached hydrogens (tertiary/aromatic N) is 2. The molecule has 0 atom stereocenters. The van der Waals surface area contributed by atoms with E-state index in [1.807, 2.05) is 24.3 Å². The smallest absolute Gasteiger partial charge is 0.323 e.